The Hall–Kier alpha value is -1.65. The van der Waals surface area contributed by atoms with Crippen LogP contribution in [-0.4, -0.2) is 4.98 Å². The van der Waals surface area contributed by atoms with Gasteiger partial charge in [0, 0.05) is 17.8 Å². The monoisotopic (exact) mass is 302 g/mol. The maximum atomic E-state index is 6.26. The van der Waals surface area contributed by atoms with E-state index in [1.807, 2.05) is 42.6 Å². The lowest BCUT2D eigenvalue weighted by Crippen LogP contribution is -2.11. The molecule has 2 N–H and O–H groups in total. The first-order valence-electron chi connectivity index (χ1n) is 5.59. The molecule has 0 spiro atoms. The largest absolute Gasteiger partial charge is 0.452 e. The molecule has 3 aromatic rings. The number of furan rings is 1. The van der Waals surface area contributed by atoms with Crippen molar-refractivity contribution in [2.24, 2.45) is 5.73 Å². The zero-order chi connectivity index (χ0) is 12.5. The molecule has 18 heavy (non-hydrogen) atoms. The molecule has 1 aromatic carbocycles. The van der Waals surface area contributed by atoms with Gasteiger partial charge >= 0.3 is 0 Å². The summed E-state index contributed by atoms with van der Waals surface area (Å²) in [5.41, 5.74) is 7.30. The highest BCUT2D eigenvalue weighted by molar-refractivity contribution is 9.10. The number of benzene rings is 1. The molecule has 0 aliphatic rings. The number of rotatable bonds is 2. The van der Waals surface area contributed by atoms with E-state index in [1.54, 1.807) is 6.20 Å². The SMILES string of the molecule is NC(c1ccc(Br)o1)c1cccc2cnccc12. The third-order valence-electron chi connectivity index (χ3n) is 2.95. The molecule has 1 unspecified atom stereocenters. The molecular weight excluding hydrogens is 292 g/mol. The minimum atomic E-state index is -0.276. The second-order valence-corrected chi connectivity index (χ2v) is 4.85. The van der Waals surface area contributed by atoms with Crippen LogP contribution >= 0.6 is 15.9 Å². The summed E-state index contributed by atoms with van der Waals surface area (Å²) in [7, 11) is 0. The van der Waals surface area contributed by atoms with Crippen molar-refractivity contribution in [3.63, 3.8) is 0 Å². The van der Waals surface area contributed by atoms with Crippen molar-refractivity contribution in [3.8, 4) is 0 Å². The van der Waals surface area contributed by atoms with Gasteiger partial charge in [-0.15, -0.1) is 0 Å². The Morgan fingerprint density at radius 2 is 2.06 bits per heavy atom. The first kappa shape index (κ1) is 11.4. The van der Waals surface area contributed by atoms with Gasteiger partial charge in [-0.2, -0.15) is 0 Å². The first-order valence-corrected chi connectivity index (χ1v) is 6.38. The number of hydrogen-bond acceptors (Lipinski definition) is 3. The van der Waals surface area contributed by atoms with E-state index in [1.165, 1.54) is 0 Å². The van der Waals surface area contributed by atoms with Crippen LogP contribution in [0.5, 0.6) is 0 Å². The summed E-state index contributed by atoms with van der Waals surface area (Å²) >= 11 is 3.29. The lowest BCUT2D eigenvalue weighted by Gasteiger charge is -2.12. The quantitative estimate of drug-likeness (QED) is 0.786. The van der Waals surface area contributed by atoms with Crippen molar-refractivity contribution in [2.45, 2.75) is 6.04 Å². The van der Waals surface area contributed by atoms with Crippen LogP contribution in [0.1, 0.15) is 17.4 Å². The van der Waals surface area contributed by atoms with Gasteiger partial charge in [0.25, 0.3) is 0 Å². The Morgan fingerprint density at radius 1 is 1.17 bits per heavy atom. The van der Waals surface area contributed by atoms with Crippen LogP contribution < -0.4 is 5.73 Å². The summed E-state index contributed by atoms with van der Waals surface area (Å²) in [5.74, 6) is 0.742. The lowest BCUT2D eigenvalue weighted by atomic mass is 9.99. The number of hydrogen-bond donors (Lipinski definition) is 1. The predicted octanol–water partition coefficient (Wildman–Crippen LogP) is 3.64. The van der Waals surface area contributed by atoms with E-state index < -0.39 is 0 Å². The Balaban J connectivity index is 2.14. The van der Waals surface area contributed by atoms with Crippen molar-refractivity contribution in [1.29, 1.82) is 0 Å². The van der Waals surface area contributed by atoms with Gasteiger partial charge in [0.15, 0.2) is 4.67 Å². The average molecular weight is 303 g/mol. The molecule has 0 aliphatic carbocycles. The fourth-order valence-electron chi connectivity index (χ4n) is 2.07. The van der Waals surface area contributed by atoms with Crippen LogP contribution in [-0.2, 0) is 0 Å². The minimum Gasteiger partial charge on any atom is -0.452 e. The molecule has 0 fully saturated rings. The minimum absolute atomic E-state index is 0.276. The zero-order valence-electron chi connectivity index (χ0n) is 9.51. The number of halogens is 1. The van der Waals surface area contributed by atoms with Gasteiger partial charge in [-0.3, -0.25) is 4.98 Å². The molecule has 90 valence electrons. The standard InChI is InChI=1S/C14H11BrN2O/c15-13-5-4-12(18-13)14(16)11-3-1-2-9-8-17-7-6-10(9)11/h1-8,14H,16H2. The van der Waals surface area contributed by atoms with Gasteiger partial charge in [0.05, 0.1) is 6.04 Å². The van der Waals surface area contributed by atoms with Gasteiger partial charge in [-0.05, 0) is 45.1 Å². The zero-order valence-corrected chi connectivity index (χ0v) is 11.1. The maximum absolute atomic E-state index is 6.26. The molecule has 0 aliphatic heterocycles. The summed E-state index contributed by atoms with van der Waals surface area (Å²) < 4.78 is 6.21. The molecule has 0 saturated heterocycles. The number of pyridine rings is 1. The lowest BCUT2D eigenvalue weighted by molar-refractivity contribution is 0.471. The molecule has 0 saturated carbocycles. The van der Waals surface area contributed by atoms with Crippen LogP contribution in [0.25, 0.3) is 10.8 Å². The number of fused-ring (bicyclic) bond motifs is 1. The summed E-state index contributed by atoms with van der Waals surface area (Å²) in [6.07, 6.45) is 3.61. The molecular formula is C14H11BrN2O. The second kappa shape index (κ2) is 4.55. The number of nitrogens with zero attached hydrogens (tertiary/aromatic N) is 1. The van der Waals surface area contributed by atoms with Crippen molar-refractivity contribution in [3.05, 3.63) is 64.8 Å². The third kappa shape index (κ3) is 1.94. The van der Waals surface area contributed by atoms with E-state index in [9.17, 15) is 0 Å². The molecule has 3 nitrogen and oxygen atoms in total. The highest BCUT2D eigenvalue weighted by Crippen LogP contribution is 2.28. The highest BCUT2D eigenvalue weighted by atomic mass is 79.9. The van der Waals surface area contributed by atoms with Crippen LogP contribution in [0.3, 0.4) is 0 Å². The Kier molecular flexibility index (Phi) is 2.89. The van der Waals surface area contributed by atoms with E-state index in [-0.39, 0.29) is 6.04 Å². The smallest absolute Gasteiger partial charge is 0.169 e. The highest BCUT2D eigenvalue weighted by Gasteiger charge is 2.15. The number of nitrogens with two attached hydrogens (primary N) is 1. The topological polar surface area (TPSA) is 52.0 Å². The van der Waals surface area contributed by atoms with Crippen molar-refractivity contribution >= 4 is 26.7 Å². The van der Waals surface area contributed by atoms with Crippen LogP contribution in [0, 0.1) is 0 Å². The van der Waals surface area contributed by atoms with Gasteiger partial charge in [0.2, 0.25) is 0 Å². The molecule has 0 bridgehead atoms. The molecule has 0 radical (unpaired) electrons. The third-order valence-corrected chi connectivity index (χ3v) is 3.38. The summed E-state index contributed by atoms with van der Waals surface area (Å²) in [6, 6.07) is 11.5. The normalized spacial score (nSPS) is 12.8. The average Bonchev–Trinajstić information content (AvgIpc) is 2.84. The van der Waals surface area contributed by atoms with E-state index in [2.05, 4.69) is 20.9 Å². The van der Waals surface area contributed by atoms with Crippen LogP contribution in [0.15, 0.2) is 57.9 Å². The first-order chi connectivity index (χ1) is 8.75. The maximum Gasteiger partial charge on any atom is 0.169 e. The Morgan fingerprint density at radius 3 is 2.83 bits per heavy atom. The molecule has 2 aromatic heterocycles. The Bertz CT molecular complexity index is 688. The molecule has 4 heteroatoms. The summed E-state index contributed by atoms with van der Waals surface area (Å²) in [5, 5.41) is 2.18. The van der Waals surface area contributed by atoms with Gasteiger partial charge < -0.3 is 10.2 Å². The van der Waals surface area contributed by atoms with Gasteiger partial charge in [0.1, 0.15) is 5.76 Å². The van der Waals surface area contributed by atoms with E-state index >= 15 is 0 Å². The molecule has 1 atom stereocenters. The Labute approximate surface area is 113 Å². The summed E-state index contributed by atoms with van der Waals surface area (Å²) in [4.78, 5) is 4.12. The van der Waals surface area contributed by atoms with E-state index in [0.29, 0.717) is 4.67 Å². The van der Waals surface area contributed by atoms with Gasteiger partial charge in [-0.25, -0.2) is 0 Å². The second-order valence-electron chi connectivity index (χ2n) is 4.06. The fraction of sp³-hybridized carbons (Fsp3) is 0.0714. The fourth-order valence-corrected chi connectivity index (χ4v) is 2.39. The molecule has 0 amide bonds. The van der Waals surface area contributed by atoms with Crippen LogP contribution in [0.4, 0.5) is 0 Å². The van der Waals surface area contributed by atoms with E-state index in [4.69, 9.17) is 10.2 Å². The number of aromatic nitrogens is 1. The van der Waals surface area contributed by atoms with Gasteiger partial charge in [-0.1, -0.05) is 18.2 Å². The molecule has 3 rings (SSSR count). The van der Waals surface area contributed by atoms with E-state index in [0.717, 1.165) is 22.1 Å². The summed E-state index contributed by atoms with van der Waals surface area (Å²) in [6.45, 7) is 0. The van der Waals surface area contributed by atoms with Crippen LogP contribution in [0.2, 0.25) is 0 Å². The predicted molar refractivity (Wildman–Crippen MR) is 74.2 cm³/mol. The molecule has 2 heterocycles. The van der Waals surface area contributed by atoms with Crippen molar-refractivity contribution < 1.29 is 4.42 Å². The van der Waals surface area contributed by atoms with Crippen molar-refractivity contribution in [2.75, 3.05) is 0 Å². The van der Waals surface area contributed by atoms with Crippen molar-refractivity contribution in [1.82, 2.24) is 4.98 Å².